The van der Waals surface area contributed by atoms with Gasteiger partial charge in [0.25, 0.3) is 0 Å². The number of hydrogen-bond donors (Lipinski definition) is 1. The first kappa shape index (κ1) is 13.9. The van der Waals surface area contributed by atoms with Crippen LogP contribution in [0.5, 0.6) is 0 Å². The summed E-state index contributed by atoms with van der Waals surface area (Å²) in [5.74, 6) is 0.867. The highest BCUT2D eigenvalue weighted by Crippen LogP contribution is 2.19. The predicted octanol–water partition coefficient (Wildman–Crippen LogP) is 3.07. The van der Waals surface area contributed by atoms with Crippen LogP contribution in [0.25, 0.3) is 0 Å². The Morgan fingerprint density at radius 1 is 1.22 bits per heavy atom. The molecule has 1 N–H and O–H groups in total. The van der Waals surface area contributed by atoms with Gasteiger partial charge in [-0.05, 0) is 50.6 Å². The van der Waals surface area contributed by atoms with E-state index in [1.165, 1.54) is 43.6 Å². The van der Waals surface area contributed by atoms with E-state index in [-0.39, 0.29) is 0 Å². The zero-order chi connectivity index (χ0) is 12.8. The quantitative estimate of drug-likeness (QED) is 0.823. The van der Waals surface area contributed by atoms with E-state index in [9.17, 15) is 0 Å². The fourth-order valence-electron chi connectivity index (χ4n) is 2.50. The summed E-state index contributed by atoms with van der Waals surface area (Å²) in [6.45, 7) is 6.92. The summed E-state index contributed by atoms with van der Waals surface area (Å²) in [5, 5.41) is 0. The van der Waals surface area contributed by atoms with Crippen LogP contribution in [0.4, 0.5) is 0 Å². The van der Waals surface area contributed by atoms with E-state index in [4.69, 9.17) is 0 Å². The van der Waals surface area contributed by atoms with Gasteiger partial charge in [0.2, 0.25) is 0 Å². The van der Waals surface area contributed by atoms with Crippen molar-refractivity contribution in [1.82, 2.24) is 9.62 Å². The van der Waals surface area contributed by atoms with Crippen LogP contribution in [-0.4, -0.2) is 30.8 Å². The molecule has 0 bridgehead atoms. The second-order valence-electron chi connectivity index (χ2n) is 5.26. The van der Waals surface area contributed by atoms with Crippen LogP contribution in [0.15, 0.2) is 24.3 Å². The Labute approximate surface area is 115 Å². The molecule has 0 saturated carbocycles. The summed E-state index contributed by atoms with van der Waals surface area (Å²) < 4.78 is 3.39. The second-order valence-corrected chi connectivity index (χ2v) is 5.95. The Kier molecular flexibility index (Phi) is 5.54. The van der Waals surface area contributed by atoms with Gasteiger partial charge >= 0.3 is 0 Å². The van der Waals surface area contributed by atoms with E-state index in [1.54, 1.807) is 11.9 Å². The molecule has 0 atom stereocenters. The molecular formula is C15H24N2S. The summed E-state index contributed by atoms with van der Waals surface area (Å²) in [6.07, 6.45) is 4.77. The molecule has 1 aromatic rings. The summed E-state index contributed by atoms with van der Waals surface area (Å²) in [5.41, 5.74) is 2.79. The van der Waals surface area contributed by atoms with Gasteiger partial charge in [-0.25, -0.2) is 0 Å². The first-order valence-corrected chi connectivity index (χ1v) is 8.04. The minimum absolute atomic E-state index is 0.867. The van der Waals surface area contributed by atoms with Gasteiger partial charge < -0.3 is 0 Å². The van der Waals surface area contributed by atoms with Crippen molar-refractivity contribution in [1.29, 1.82) is 0 Å². The van der Waals surface area contributed by atoms with Gasteiger partial charge in [-0.3, -0.25) is 9.62 Å². The van der Waals surface area contributed by atoms with E-state index in [0.717, 1.165) is 12.5 Å². The Bertz CT molecular complexity index is 342. The highest BCUT2D eigenvalue weighted by Gasteiger charge is 2.18. The van der Waals surface area contributed by atoms with Crippen LogP contribution >= 0.6 is 11.9 Å². The van der Waals surface area contributed by atoms with E-state index in [1.807, 2.05) is 0 Å². The van der Waals surface area contributed by atoms with Gasteiger partial charge in [0.1, 0.15) is 0 Å². The van der Waals surface area contributed by atoms with Crippen LogP contribution in [0.3, 0.4) is 0 Å². The van der Waals surface area contributed by atoms with Gasteiger partial charge in [-0.2, -0.15) is 0 Å². The lowest BCUT2D eigenvalue weighted by Crippen LogP contribution is -2.35. The van der Waals surface area contributed by atoms with E-state index >= 15 is 0 Å². The maximum absolute atomic E-state index is 3.39. The van der Waals surface area contributed by atoms with Crippen LogP contribution in [-0.2, 0) is 6.54 Å². The number of piperidine rings is 1. The third-order valence-electron chi connectivity index (χ3n) is 3.75. The Balaban J connectivity index is 1.74. The van der Waals surface area contributed by atoms with Crippen molar-refractivity contribution >= 4 is 11.9 Å². The molecule has 1 fully saturated rings. The fourth-order valence-corrected chi connectivity index (χ4v) is 2.90. The molecule has 18 heavy (non-hydrogen) atoms. The number of aryl methyl sites for hydroxylation is 1. The van der Waals surface area contributed by atoms with Crippen LogP contribution in [0.2, 0.25) is 0 Å². The highest BCUT2D eigenvalue weighted by atomic mass is 32.2. The molecule has 0 unspecified atom stereocenters. The van der Waals surface area contributed by atoms with E-state index < -0.39 is 0 Å². The number of nitrogens with zero attached hydrogens (tertiary/aromatic N) is 1. The normalized spacial score (nSPS) is 18.1. The van der Waals surface area contributed by atoms with E-state index in [0.29, 0.717) is 0 Å². The Hall–Kier alpha value is -0.510. The SMILES string of the molecule is CSNCC1CCN(Cc2ccc(C)cc2)CC1. The minimum Gasteiger partial charge on any atom is -0.299 e. The molecule has 0 spiro atoms. The molecule has 3 heteroatoms. The average molecular weight is 264 g/mol. The van der Waals surface area contributed by atoms with Gasteiger partial charge in [-0.15, -0.1) is 0 Å². The van der Waals surface area contributed by atoms with Gasteiger partial charge in [0, 0.05) is 13.1 Å². The van der Waals surface area contributed by atoms with Crippen LogP contribution in [0, 0.1) is 12.8 Å². The monoisotopic (exact) mass is 264 g/mol. The molecule has 1 aliphatic rings. The summed E-state index contributed by atoms with van der Waals surface area (Å²) in [7, 11) is 0. The Morgan fingerprint density at radius 3 is 2.50 bits per heavy atom. The third-order valence-corrected chi connectivity index (χ3v) is 4.21. The zero-order valence-electron chi connectivity index (χ0n) is 11.5. The van der Waals surface area contributed by atoms with Gasteiger partial charge in [-0.1, -0.05) is 41.8 Å². The largest absolute Gasteiger partial charge is 0.299 e. The molecule has 0 amide bonds. The van der Waals surface area contributed by atoms with Crippen molar-refractivity contribution in [3.05, 3.63) is 35.4 Å². The van der Waals surface area contributed by atoms with Gasteiger partial charge in [0.15, 0.2) is 0 Å². The summed E-state index contributed by atoms with van der Waals surface area (Å²) >= 11 is 1.74. The van der Waals surface area contributed by atoms with Crippen molar-refractivity contribution in [3.63, 3.8) is 0 Å². The number of hydrogen-bond acceptors (Lipinski definition) is 3. The Morgan fingerprint density at radius 2 is 1.89 bits per heavy atom. The van der Waals surface area contributed by atoms with Crippen molar-refractivity contribution in [2.75, 3.05) is 25.9 Å². The maximum atomic E-state index is 3.39. The molecule has 0 aromatic heterocycles. The van der Waals surface area contributed by atoms with Crippen molar-refractivity contribution in [3.8, 4) is 0 Å². The lowest BCUT2D eigenvalue weighted by Gasteiger charge is -2.32. The molecule has 0 aliphatic carbocycles. The van der Waals surface area contributed by atoms with Crippen LogP contribution < -0.4 is 4.72 Å². The van der Waals surface area contributed by atoms with Crippen LogP contribution in [0.1, 0.15) is 24.0 Å². The molecule has 1 saturated heterocycles. The molecule has 2 nitrogen and oxygen atoms in total. The van der Waals surface area contributed by atoms with Crippen molar-refractivity contribution < 1.29 is 0 Å². The minimum atomic E-state index is 0.867. The number of rotatable bonds is 5. The lowest BCUT2D eigenvalue weighted by molar-refractivity contribution is 0.179. The number of benzene rings is 1. The van der Waals surface area contributed by atoms with Crippen molar-refractivity contribution in [2.24, 2.45) is 5.92 Å². The van der Waals surface area contributed by atoms with E-state index in [2.05, 4.69) is 47.1 Å². The number of likely N-dealkylation sites (tertiary alicyclic amines) is 1. The fraction of sp³-hybridized carbons (Fsp3) is 0.600. The van der Waals surface area contributed by atoms with Gasteiger partial charge in [0.05, 0.1) is 0 Å². The smallest absolute Gasteiger partial charge is 0.0233 e. The topological polar surface area (TPSA) is 15.3 Å². The molecule has 100 valence electrons. The predicted molar refractivity (Wildman–Crippen MR) is 80.7 cm³/mol. The maximum Gasteiger partial charge on any atom is 0.0233 e. The first-order valence-electron chi connectivity index (χ1n) is 6.81. The zero-order valence-corrected chi connectivity index (χ0v) is 12.3. The second kappa shape index (κ2) is 7.17. The molecule has 2 rings (SSSR count). The number of nitrogens with one attached hydrogen (secondary N) is 1. The third kappa shape index (κ3) is 4.30. The molecule has 0 radical (unpaired) electrons. The van der Waals surface area contributed by atoms with Crippen molar-refractivity contribution in [2.45, 2.75) is 26.3 Å². The highest BCUT2D eigenvalue weighted by molar-refractivity contribution is 7.96. The molecule has 1 heterocycles. The average Bonchev–Trinajstić information content (AvgIpc) is 2.41. The standard InChI is InChI=1S/C15H24N2S/c1-13-3-5-15(6-4-13)12-17-9-7-14(8-10-17)11-16-18-2/h3-6,14,16H,7-12H2,1-2H3. The molecule has 1 aliphatic heterocycles. The summed E-state index contributed by atoms with van der Waals surface area (Å²) in [6, 6.07) is 8.95. The molecular weight excluding hydrogens is 240 g/mol. The first-order chi connectivity index (χ1) is 8.78. The molecule has 1 aromatic carbocycles. The summed E-state index contributed by atoms with van der Waals surface area (Å²) in [4.78, 5) is 2.58. The lowest BCUT2D eigenvalue weighted by atomic mass is 9.97.